The monoisotopic (exact) mass is 255 g/mol. The minimum atomic E-state index is 0.882. The van der Waals surface area contributed by atoms with Crippen molar-refractivity contribution in [2.45, 2.75) is 20.8 Å². The lowest BCUT2D eigenvalue weighted by atomic mass is 10.2. The number of aryl methyl sites for hydroxylation is 1. The molecule has 0 aliphatic carbocycles. The molecule has 0 spiro atoms. The van der Waals surface area contributed by atoms with Gasteiger partial charge in [-0.3, -0.25) is 0 Å². The zero-order chi connectivity index (χ0) is 13.7. The highest BCUT2D eigenvalue weighted by Gasteiger charge is 2.08. The molecule has 1 heterocycles. The first kappa shape index (κ1) is 13.4. The Morgan fingerprint density at radius 2 is 1.89 bits per heavy atom. The van der Waals surface area contributed by atoms with Gasteiger partial charge in [0.05, 0.1) is 0 Å². The summed E-state index contributed by atoms with van der Waals surface area (Å²) in [4.78, 5) is 6.61. The Balaban J connectivity index is 2.33. The molecule has 1 aromatic heterocycles. The van der Waals surface area contributed by atoms with E-state index in [0.29, 0.717) is 0 Å². The number of hydrogen-bond donors (Lipinski definition) is 1. The number of rotatable bonds is 5. The summed E-state index contributed by atoms with van der Waals surface area (Å²) < 4.78 is 0. The van der Waals surface area contributed by atoms with Crippen LogP contribution >= 0.6 is 0 Å². The van der Waals surface area contributed by atoms with Crippen molar-refractivity contribution in [3.05, 3.63) is 48.2 Å². The molecule has 0 unspecified atom stereocenters. The van der Waals surface area contributed by atoms with Crippen LogP contribution < -0.4 is 10.2 Å². The fourth-order valence-corrected chi connectivity index (χ4v) is 2.18. The smallest absolute Gasteiger partial charge is 0.127 e. The Hall–Kier alpha value is -2.03. The van der Waals surface area contributed by atoms with Crippen LogP contribution in [0.4, 0.5) is 17.2 Å². The molecule has 2 aromatic rings. The number of nitrogens with zero attached hydrogens (tertiary/aromatic N) is 2. The van der Waals surface area contributed by atoms with Gasteiger partial charge in [-0.15, -0.1) is 0 Å². The van der Waals surface area contributed by atoms with Crippen molar-refractivity contribution in [3.63, 3.8) is 0 Å². The van der Waals surface area contributed by atoms with Gasteiger partial charge in [-0.05, 0) is 44.5 Å². The molecule has 0 radical (unpaired) electrons. The lowest BCUT2D eigenvalue weighted by Gasteiger charge is -2.24. The van der Waals surface area contributed by atoms with Gasteiger partial charge in [0.1, 0.15) is 5.82 Å². The van der Waals surface area contributed by atoms with E-state index in [-0.39, 0.29) is 0 Å². The number of aromatic nitrogens is 1. The maximum atomic E-state index is 4.32. The largest absolute Gasteiger partial charge is 0.370 e. The molecule has 0 atom stereocenters. The highest BCUT2D eigenvalue weighted by Crippen LogP contribution is 2.26. The summed E-state index contributed by atoms with van der Waals surface area (Å²) in [7, 11) is 0. The van der Waals surface area contributed by atoms with Crippen LogP contribution in [0.5, 0.6) is 0 Å². The van der Waals surface area contributed by atoms with E-state index in [1.165, 1.54) is 16.9 Å². The van der Waals surface area contributed by atoms with Crippen LogP contribution in [0.1, 0.15) is 19.4 Å². The molecule has 0 saturated carbocycles. The maximum Gasteiger partial charge on any atom is 0.127 e. The average molecular weight is 255 g/mol. The van der Waals surface area contributed by atoms with E-state index in [4.69, 9.17) is 0 Å². The van der Waals surface area contributed by atoms with E-state index in [0.717, 1.165) is 18.9 Å². The Morgan fingerprint density at radius 3 is 2.58 bits per heavy atom. The lowest BCUT2D eigenvalue weighted by Crippen LogP contribution is -2.16. The molecule has 0 saturated heterocycles. The van der Waals surface area contributed by atoms with Crippen LogP contribution in [0.15, 0.2) is 42.6 Å². The van der Waals surface area contributed by atoms with Gasteiger partial charge in [0.25, 0.3) is 0 Å². The molecule has 2 rings (SSSR count). The number of anilines is 3. The predicted molar refractivity (Wildman–Crippen MR) is 82.3 cm³/mol. The predicted octanol–water partition coefficient (Wildman–Crippen LogP) is 3.98. The zero-order valence-corrected chi connectivity index (χ0v) is 11.9. The molecular weight excluding hydrogens is 234 g/mol. The number of benzene rings is 1. The Bertz CT molecular complexity index is 537. The second-order valence-corrected chi connectivity index (χ2v) is 4.51. The van der Waals surface area contributed by atoms with E-state index in [2.05, 4.69) is 66.3 Å². The minimum Gasteiger partial charge on any atom is -0.370 e. The van der Waals surface area contributed by atoms with Crippen molar-refractivity contribution in [1.29, 1.82) is 0 Å². The summed E-state index contributed by atoms with van der Waals surface area (Å²) in [6.45, 7) is 8.17. The van der Waals surface area contributed by atoms with E-state index in [9.17, 15) is 0 Å². The average Bonchev–Trinajstić information content (AvgIpc) is 2.41. The van der Waals surface area contributed by atoms with Crippen molar-refractivity contribution < 1.29 is 0 Å². The first-order valence-electron chi connectivity index (χ1n) is 6.78. The van der Waals surface area contributed by atoms with E-state index in [1.807, 2.05) is 12.3 Å². The van der Waals surface area contributed by atoms with Gasteiger partial charge in [-0.1, -0.05) is 12.1 Å². The lowest BCUT2D eigenvalue weighted by molar-refractivity contribution is 1.02. The van der Waals surface area contributed by atoms with Crippen LogP contribution in [-0.4, -0.2) is 18.1 Å². The number of nitrogens with one attached hydrogen (secondary N) is 1. The minimum absolute atomic E-state index is 0.882. The fraction of sp³-hybridized carbons (Fsp3) is 0.312. The third-order valence-electron chi connectivity index (χ3n) is 3.04. The number of pyridine rings is 1. The molecule has 3 nitrogen and oxygen atoms in total. The SMILES string of the molecule is CCNc1cc(N(CC)c2cccc(C)c2)ccn1. The fourth-order valence-electron chi connectivity index (χ4n) is 2.18. The molecule has 100 valence electrons. The van der Waals surface area contributed by atoms with Crippen molar-refractivity contribution >= 4 is 17.2 Å². The van der Waals surface area contributed by atoms with Gasteiger partial charge < -0.3 is 10.2 Å². The molecule has 19 heavy (non-hydrogen) atoms. The van der Waals surface area contributed by atoms with E-state index >= 15 is 0 Å². The first-order valence-corrected chi connectivity index (χ1v) is 6.78. The van der Waals surface area contributed by atoms with E-state index < -0.39 is 0 Å². The van der Waals surface area contributed by atoms with Gasteiger partial charge in [-0.2, -0.15) is 0 Å². The van der Waals surface area contributed by atoms with Crippen molar-refractivity contribution in [2.75, 3.05) is 23.3 Å². The summed E-state index contributed by atoms with van der Waals surface area (Å²) in [5, 5.41) is 3.25. The summed E-state index contributed by atoms with van der Waals surface area (Å²) in [6.07, 6.45) is 1.85. The zero-order valence-electron chi connectivity index (χ0n) is 11.9. The molecule has 1 N–H and O–H groups in total. The van der Waals surface area contributed by atoms with Crippen LogP contribution in [0.25, 0.3) is 0 Å². The highest BCUT2D eigenvalue weighted by atomic mass is 15.1. The standard InChI is InChI=1S/C16H21N3/c1-4-17-16-12-15(9-10-18-16)19(5-2)14-8-6-7-13(3)11-14/h6-12H,4-5H2,1-3H3,(H,17,18). The van der Waals surface area contributed by atoms with Crippen LogP contribution in [0, 0.1) is 6.92 Å². The topological polar surface area (TPSA) is 28.2 Å². The van der Waals surface area contributed by atoms with Gasteiger partial charge >= 0.3 is 0 Å². The van der Waals surface area contributed by atoms with Gasteiger partial charge in [0.15, 0.2) is 0 Å². The second kappa shape index (κ2) is 6.23. The van der Waals surface area contributed by atoms with Gasteiger partial charge in [0, 0.05) is 36.7 Å². The van der Waals surface area contributed by atoms with Crippen molar-refractivity contribution in [1.82, 2.24) is 4.98 Å². The molecule has 3 heteroatoms. The molecular formula is C16H21N3. The third-order valence-corrected chi connectivity index (χ3v) is 3.04. The second-order valence-electron chi connectivity index (χ2n) is 4.51. The Morgan fingerprint density at radius 1 is 1.11 bits per heavy atom. The summed E-state index contributed by atoms with van der Waals surface area (Å²) in [5.41, 5.74) is 3.66. The third kappa shape index (κ3) is 3.25. The normalized spacial score (nSPS) is 10.3. The molecule has 0 aliphatic rings. The quantitative estimate of drug-likeness (QED) is 0.876. The summed E-state index contributed by atoms with van der Waals surface area (Å²) in [6, 6.07) is 12.7. The highest BCUT2D eigenvalue weighted by molar-refractivity contribution is 5.66. The van der Waals surface area contributed by atoms with Crippen LogP contribution in [0.3, 0.4) is 0 Å². The van der Waals surface area contributed by atoms with E-state index in [1.54, 1.807) is 0 Å². The molecule has 0 bridgehead atoms. The van der Waals surface area contributed by atoms with Gasteiger partial charge in [-0.25, -0.2) is 4.98 Å². The maximum absolute atomic E-state index is 4.32. The molecule has 1 aromatic carbocycles. The van der Waals surface area contributed by atoms with Crippen molar-refractivity contribution in [3.8, 4) is 0 Å². The Labute approximate surface area is 115 Å². The van der Waals surface area contributed by atoms with Crippen LogP contribution in [-0.2, 0) is 0 Å². The van der Waals surface area contributed by atoms with Gasteiger partial charge in [0.2, 0.25) is 0 Å². The summed E-state index contributed by atoms with van der Waals surface area (Å²) >= 11 is 0. The summed E-state index contributed by atoms with van der Waals surface area (Å²) in [5.74, 6) is 0.922. The van der Waals surface area contributed by atoms with Crippen LogP contribution in [0.2, 0.25) is 0 Å². The number of hydrogen-bond acceptors (Lipinski definition) is 3. The first-order chi connectivity index (χ1) is 9.24. The molecule has 0 aliphatic heterocycles. The molecule has 0 amide bonds. The molecule has 0 fully saturated rings. The Kier molecular flexibility index (Phi) is 4.39. The van der Waals surface area contributed by atoms with Crippen molar-refractivity contribution in [2.24, 2.45) is 0 Å².